The lowest BCUT2D eigenvalue weighted by atomic mass is 10.0. The number of benzene rings is 1. The molecule has 5 heteroatoms. The molecule has 1 aliphatic rings. The van der Waals surface area contributed by atoms with Crippen LogP contribution < -0.4 is 0 Å². The first kappa shape index (κ1) is 14.9. The molecule has 1 aromatic carbocycles. The molecule has 1 aliphatic heterocycles. The highest BCUT2D eigenvalue weighted by molar-refractivity contribution is 6.42. The van der Waals surface area contributed by atoms with Gasteiger partial charge in [-0.3, -0.25) is 4.79 Å². The summed E-state index contributed by atoms with van der Waals surface area (Å²) in [7, 11) is 0. The van der Waals surface area contributed by atoms with Crippen molar-refractivity contribution in [1.29, 1.82) is 0 Å². The van der Waals surface area contributed by atoms with Gasteiger partial charge in [-0.05, 0) is 17.7 Å². The zero-order valence-corrected chi connectivity index (χ0v) is 12.6. The van der Waals surface area contributed by atoms with Crippen LogP contribution in [0.3, 0.4) is 0 Å². The highest BCUT2D eigenvalue weighted by Gasteiger charge is 2.20. The fourth-order valence-corrected chi connectivity index (χ4v) is 2.16. The monoisotopic (exact) mass is 308 g/mol. The van der Waals surface area contributed by atoms with Gasteiger partial charge in [-0.1, -0.05) is 42.1 Å². The molecule has 2 rings (SSSR count). The summed E-state index contributed by atoms with van der Waals surface area (Å²) in [6, 6.07) is 5.37. The summed E-state index contributed by atoms with van der Waals surface area (Å²) in [5, 5.41) is 6.79. The number of hydrazone groups is 1. The van der Waals surface area contributed by atoms with Crippen molar-refractivity contribution >= 4 is 34.8 Å². The predicted octanol–water partition coefficient (Wildman–Crippen LogP) is 3.73. The Morgan fingerprint density at radius 3 is 2.75 bits per heavy atom. The molecule has 0 saturated carbocycles. The van der Waals surface area contributed by atoms with Gasteiger partial charge >= 0.3 is 0 Å². The second-order valence-electron chi connectivity index (χ2n) is 4.33. The quantitative estimate of drug-likeness (QED) is 0.766. The van der Waals surface area contributed by atoms with Gasteiger partial charge in [0.15, 0.2) is 0 Å². The molecule has 0 aliphatic carbocycles. The summed E-state index contributed by atoms with van der Waals surface area (Å²) in [5.41, 5.74) is 1.72. The van der Waals surface area contributed by atoms with E-state index in [4.69, 9.17) is 23.2 Å². The predicted molar refractivity (Wildman–Crippen MR) is 82.0 cm³/mol. The number of amides is 1. The molecule has 0 bridgehead atoms. The molecule has 1 amide bonds. The number of carbonyl (C=O) groups excluding carboxylic acids is 1. The molecule has 3 nitrogen and oxygen atoms in total. The number of carbonyl (C=O) groups is 1. The lowest BCUT2D eigenvalue weighted by Crippen LogP contribution is -2.32. The fraction of sp³-hybridized carbons (Fsp3) is 0.333. The summed E-state index contributed by atoms with van der Waals surface area (Å²) in [6.07, 6.45) is 1.81. The van der Waals surface area contributed by atoms with E-state index >= 15 is 0 Å². The van der Waals surface area contributed by atoms with Crippen LogP contribution in [0.5, 0.6) is 0 Å². The molecule has 20 heavy (non-hydrogen) atoms. The second kappa shape index (κ2) is 6.78. The molecule has 0 saturated heterocycles. The zero-order chi connectivity index (χ0) is 14.5. The highest BCUT2D eigenvalue weighted by Crippen LogP contribution is 2.24. The van der Waals surface area contributed by atoms with Crippen LogP contribution in [0.4, 0.5) is 0 Å². The van der Waals surface area contributed by atoms with Crippen molar-refractivity contribution in [3.05, 3.63) is 33.8 Å². The third kappa shape index (κ3) is 3.53. The van der Waals surface area contributed by atoms with Crippen molar-refractivity contribution in [3.63, 3.8) is 0 Å². The molecule has 0 radical (unpaired) electrons. The largest absolute Gasteiger partial charge is 0.273 e. The van der Waals surface area contributed by atoms with Gasteiger partial charge in [0.1, 0.15) is 6.54 Å². The van der Waals surface area contributed by atoms with Gasteiger partial charge in [-0.15, -0.1) is 5.92 Å². The molecule has 0 unspecified atom stereocenters. The first-order valence-corrected chi connectivity index (χ1v) is 7.16. The Hall–Kier alpha value is -1.50. The lowest BCUT2D eigenvalue weighted by molar-refractivity contribution is -0.131. The third-order valence-electron chi connectivity index (χ3n) is 2.89. The average Bonchev–Trinajstić information content (AvgIpc) is 2.44. The van der Waals surface area contributed by atoms with E-state index in [1.54, 1.807) is 12.1 Å². The van der Waals surface area contributed by atoms with Gasteiger partial charge in [0.05, 0.1) is 15.8 Å². The number of hydrogen-bond acceptors (Lipinski definition) is 2. The maximum absolute atomic E-state index is 11.8. The van der Waals surface area contributed by atoms with Crippen LogP contribution in [0.25, 0.3) is 0 Å². The van der Waals surface area contributed by atoms with Gasteiger partial charge in [0, 0.05) is 19.3 Å². The minimum absolute atomic E-state index is 0.000728. The van der Waals surface area contributed by atoms with Crippen LogP contribution in [0, 0.1) is 11.8 Å². The average molecular weight is 309 g/mol. The second-order valence-corrected chi connectivity index (χ2v) is 5.15. The van der Waals surface area contributed by atoms with Crippen molar-refractivity contribution in [2.45, 2.75) is 26.2 Å². The maximum atomic E-state index is 11.8. The van der Waals surface area contributed by atoms with Crippen LogP contribution in [0.2, 0.25) is 10.0 Å². The maximum Gasteiger partial charge on any atom is 0.243 e. The van der Waals surface area contributed by atoms with E-state index in [0.717, 1.165) is 17.7 Å². The van der Waals surface area contributed by atoms with Gasteiger partial charge < -0.3 is 0 Å². The van der Waals surface area contributed by atoms with Gasteiger partial charge in [-0.25, -0.2) is 5.01 Å². The van der Waals surface area contributed by atoms with E-state index in [-0.39, 0.29) is 5.91 Å². The minimum atomic E-state index is -0.000728. The first-order valence-electron chi connectivity index (χ1n) is 6.40. The van der Waals surface area contributed by atoms with Crippen LogP contribution in [-0.4, -0.2) is 23.2 Å². The van der Waals surface area contributed by atoms with E-state index in [1.807, 2.05) is 13.0 Å². The third-order valence-corrected chi connectivity index (χ3v) is 3.63. The summed E-state index contributed by atoms with van der Waals surface area (Å²) >= 11 is 11.9. The molecular formula is C15H14Cl2N2O. The number of hydrogen-bond donors (Lipinski definition) is 0. The van der Waals surface area contributed by atoms with Crippen molar-refractivity contribution in [1.82, 2.24) is 5.01 Å². The molecule has 0 fully saturated rings. The van der Waals surface area contributed by atoms with E-state index in [2.05, 4.69) is 16.9 Å². The molecule has 0 atom stereocenters. The summed E-state index contributed by atoms with van der Waals surface area (Å²) in [4.78, 5) is 11.8. The molecule has 0 spiro atoms. The molecule has 0 N–H and O–H groups in total. The van der Waals surface area contributed by atoms with E-state index < -0.39 is 0 Å². The summed E-state index contributed by atoms with van der Waals surface area (Å²) in [5.74, 6) is 5.86. The zero-order valence-electron chi connectivity index (χ0n) is 11.1. The van der Waals surface area contributed by atoms with Crippen molar-refractivity contribution < 1.29 is 4.79 Å². The highest BCUT2D eigenvalue weighted by atomic mass is 35.5. The topological polar surface area (TPSA) is 32.7 Å². The van der Waals surface area contributed by atoms with Crippen molar-refractivity contribution in [3.8, 4) is 11.8 Å². The summed E-state index contributed by atoms with van der Waals surface area (Å²) < 4.78 is 0. The van der Waals surface area contributed by atoms with Crippen molar-refractivity contribution in [2.75, 3.05) is 6.54 Å². The van der Waals surface area contributed by atoms with Crippen molar-refractivity contribution in [2.24, 2.45) is 5.10 Å². The molecule has 1 heterocycles. The SMILES string of the molecule is CCC#CCN1N=C(c2ccc(Cl)c(Cl)c2)CCC1=O. The van der Waals surface area contributed by atoms with E-state index in [0.29, 0.717) is 29.4 Å². The van der Waals surface area contributed by atoms with Gasteiger partial charge in [0.2, 0.25) is 5.91 Å². The Balaban J connectivity index is 2.24. The van der Waals surface area contributed by atoms with Gasteiger partial charge in [-0.2, -0.15) is 5.10 Å². The Morgan fingerprint density at radius 2 is 2.05 bits per heavy atom. The van der Waals surface area contributed by atoms with Crippen LogP contribution in [0.15, 0.2) is 23.3 Å². The molecular weight excluding hydrogens is 295 g/mol. The normalized spacial score (nSPS) is 14.7. The minimum Gasteiger partial charge on any atom is -0.273 e. The summed E-state index contributed by atoms with van der Waals surface area (Å²) in [6.45, 7) is 2.30. The lowest BCUT2D eigenvalue weighted by Gasteiger charge is -2.21. The molecule has 1 aromatic rings. The smallest absolute Gasteiger partial charge is 0.243 e. The number of nitrogens with zero attached hydrogens (tertiary/aromatic N) is 2. The van der Waals surface area contributed by atoms with Crippen LogP contribution in [-0.2, 0) is 4.79 Å². The molecule has 0 aromatic heterocycles. The van der Waals surface area contributed by atoms with Crippen LogP contribution >= 0.6 is 23.2 Å². The Morgan fingerprint density at radius 1 is 1.25 bits per heavy atom. The van der Waals surface area contributed by atoms with E-state index in [9.17, 15) is 4.79 Å². The van der Waals surface area contributed by atoms with Crippen LogP contribution in [0.1, 0.15) is 31.7 Å². The first-order chi connectivity index (χ1) is 9.61. The standard InChI is InChI=1S/C15H14Cl2N2O/c1-2-3-4-9-19-15(20)8-7-14(18-19)11-5-6-12(16)13(17)10-11/h5-6,10H,2,7-9H2,1H3. The fourth-order valence-electron chi connectivity index (χ4n) is 1.86. The Kier molecular flexibility index (Phi) is 5.05. The number of rotatable bonds is 2. The van der Waals surface area contributed by atoms with Gasteiger partial charge in [0.25, 0.3) is 0 Å². The van der Waals surface area contributed by atoms with E-state index in [1.165, 1.54) is 5.01 Å². The Labute approximate surface area is 128 Å². The molecule has 104 valence electrons. The Bertz CT molecular complexity index is 614. The number of halogens is 2.